The van der Waals surface area contributed by atoms with Gasteiger partial charge < -0.3 is 14.5 Å². The van der Waals surface area contributed by atoms with Crippen LogP contribution in [0.4, 0.5) is 0 Å². The van der Waals surface area contributed by atoms with Crippen molar-refractivity contribution in [2.24, 2.45) is 0 Å². The minimum atomic E-state index is -4.57. The van der Waals surface area contributed by atoms with Crippen molar-refractivity contribution in [3.05, 3.63) is 30.3 Å². The van der Waals surface area contributed by atoms with Crippen LogP contribution >= 0.6 is 7.60 Å². The van der Waals surface area contributed by atoms with Gasteiger partial charge in [-0.1, -0.05) is 18.2 Å². The van der Waals surface area contributed by atoms with E-state index in [2.05, 4.69) is 0 Å². The second kappa shape index (κ2) is 4.57. The summed E-state index contributed by atoms with van der Waals surface area (Å²) in [4.78, 5) is 28.7. The van der Waals surface area contributed by atoms with Crippen LogP contribution in [0.3, 0.4) is 0 Å². The molecule has 0 aliphatic rings. The molecule has 0 bridgehead atoms. The van der Waals surface area contributed by atoms with Crippen LogP contribution in [-0.4, -0.2) is 21.4 Å². The maximum atomic E-state index is 11.0. The third-order valence-corrected chi connectivity index (χ3v) is 2.72. The van der Waals surface area contributed by atoms with E-state index in [1.54, 1.807) is 18.2 Å². The number of para-hydroxylation sites is 1. The summed E-state index contributed by atoms with van der Waals surface area (Å²) in [5.41, 5.74) is 0. The summed E-state index contributed by atoms with van der Waals surface area (Å²) in [6.45, 7) is 1.08. The molecular weight excluding hydrogens is 219 g/mol. The number of ether oxygens (including phenoxy) is 1. The molecule has 1 rings (SSSR count). The minimum absolute atomic E-state index is 0.251. The van der Waals surface area contributed by atoms with Gasteiger partial charge in [-0.25, -0.2) is 0 Å². The van der Waals surface area contributed by atoms with Crippen LogP contribution in [0.15, 0.2) is 30.3 Å². The number of hydrogen-bond acceptors (Lipinski definition) is 3. The molecule has 0 heterocycles. The van der Waals surface area contributed by atoms with Gasteiger partial charge in [0.25, 0.3) is 5.85 Å². The zero-order chi connectivity index (χ0) is 11.5. The highest BCUT2D eigenvalue weighted by Crippen LogP contribution is 2.42. The van der Waals surface area contributed by atoms with Gasteiger partial charge in [-0.15, -0.1) is 0 Å². The molecule has 0 amide bonds. The Morgan fingerprint density at radius 2 is 1.87 bits per heavy atom. The maximum Gasteiger partial charge on any atom is 0.373 e. The third kappa shape index (κ3) is 3.47. The second-order valence-corrected chi connectivity index (χ2v) is 4.63. The van der Waals surface area contributed by atoms with Crippen molar-refractivity contribution in [1.82, 2.24) is 0 Å². The molecule has 0 radical (unpaired) electrons. The lowest BCUT2D eigenvalue weighted by atomic mass is 10.3. The molecule has 6 heteroatoms. The van der Waals surface area contributed by atoms with E-state index in [0.717, 1.165) is 6.92 Å². The van der Waals surface area contributed by atoms with Crippen LogP contribution in [0.1, 0.15) is 6.92 Å². The Bertz CT molecular complexity index is 383. The number of ketones is 1. The van der Waals surface area contributed by atoms with Crippen LogP contribution in [0.5, 0.6) is 5.75 Å². The lowest BCUT2D eigenvalue weighted by Crippen LogP contribution is -2.24. The lowest BCUT2D eigenvalue weighted by molar-refractivity contribution is -0.121. The van der Waals surface area contributed by atoms with Gasteiger partial charge in [0, 0.05) is 0 Å². The third-order valence-electron chi connectivity index (χ3n) is 1.64. The first-order valence-corrected chi connectivity index (χ1v) is 5.87. The van der Waals surface area contributed by atoms with E-state index in [1.807, 2.05) is 0 Å². The monoisotopic (exact) mass is 230 g/mol. The van der Waals surface area contributed by atoms with Crippen LogP contribution in [0, 0.1) is 0 Å². The quantitative estimate of drug-likeness (QED) is 0.758. The van der Waals surface area contributed by atoms with Crippen molar-refractivity contribution in [3.8, 4) is 5.75 Å². The van der Waals surface area contributed by atoms with E-state index in [0.29, 0.717) is 0 Å². The van der Waals surface area contributed by atoms with Crippen LogP contribution in [0.25, 0.3) is 0 Å². The summed E-state index contributed by atoms with van der Waals surface area (Å²) in [6, 6.07) is 8.06. The van der Waals surface area contributed by atoms with E-state index in [-0.39, 0.29) is 5.75 Å². The standard InChI is InChI=1S/C9H11O5P/c1-7(10)9(15(11,12)13)14-8-5-3-2-4-6-8/h2-6,9H,1H3,(H2,11,12,13). The van der Waals surface area contributed by atoms with Gasteiger partial charge in [0.15, 0.2) is 5.78 Å². The Kier molecular flexibility index (Phi) is 3.63. The van der Waals surface area contributed by atoms with Crippen molar-refractivity contribution in [1.29, 1.82) is 0 Å². The van der Waals surface area contributed by atoms with Crippen molar-refractivity contribution >= 4 is 13.4 Å². The fourth-order valence-electron chi connectivity index (χ4n) is 1.02. The molecule has 0 fully saturated rings. The van der Waals surface area contributed by atoms with Crippen LogP contribution in [-0.2, 0) is 9.36 Å². The number of benzene rings is 1. The molecule has 0 aromatic heterocycles. The molecule has 1 unspecified atom stereocenters. The van der Waals surface area contributed by atoms with Gasteiger partial charge >= 0.3 is 7.60 Å². The lowest BCUT2D eigenvalue weighted by Gasteiger charge is -2.17. The molecule has 0 spiro atoms. The summed E-state index contributed by atoms with van der Waals surface area (Å²) in [6.07, 6.45) is 0. The topological polar surface area (TPSA) is 83.8 Å². The first kappa shape index (κ1) is 11.9. The molecule has 1 atom stereocenters. The van der Waals surface area contributed by atoms with Crippen molar-refractivity contribution in [3.63, 3.8) is 0 Å². The van der Waals surface area contributed by atoms with Crippen molar-refractivity contribution in [2.75, 3.05) is 0 Å². The molecule has 0 saturated heterocycles. The zero-order valence-corrected chi connectivity index (χ0v) is 8.92. The second-order valence-electron chi connectivity index (χ2n) is 2.98. The van der Waals surface area contributed by atoms with E-state index >= 15 is 0 Å². The number of carbonyl (C=O) groups excluding carboxylic acids is 1. The Hall–Kier alpha value is -1.16. The highest BCUT2D eigenvalue weighted by Gasteiger charge is 2.35. The molecule has 0 aliphatic heterocycles. The number of hydrogen-bond donors (Lipinski definition) is 2. The average molecular weight is 230 g/mol. The fourth-order valence-corrected chi connectivity index (χ4v) is 1.75. The molecule has 15 heavy (non-hydrogen) atoms. The van der Waals surface area contributed by atoms with Gasteiger partial charge in [-0.05, 0) is 19.1 Å². The van der Waals surface area contributed by atoms with E-state index in [4.69, 9.17) is 14.5 Å². The van der Waals surface area contributed by atoms with Crippen molar-refractivity contribution < 1.29 is 23.9 Å². The van der Waals surface area contributed by atoms with E-state index in [9.17, 15) is 9.36 Å². The van der Waals surface area contributed by atoms with Gasteiger partial charge in [-0.3, -0.25) is 9.36 Å². The Morgan fingerprint density at radius 3 is 2.27 bits per heavy atom. The Balaban J connectivity index is 2.86. The van der Waals surface area contributed by atoms with E-state index < -0.39 is 19.2 Å². The zero-order valence-electron chi connectivity index (χ0n) is 8.03. The summed E-state index contributed by atoms with van der Waals surface area (Å²) in [5.74, 6) is -2.17. The summed E-state index contributed by atoms with van der Waals surface area (Å²) in [7, 11) is -4.57. The SMILES string of the molecule is CC(=O)C(Oc1ccccc1)P(=O)(O)O. The maximum absolute atomic E-state index is 11.0. The normalized spacial score (nSPS) is 13.3. The molecule has 0 aliphatic carbocycles. The summed E-state index contributed by atoms with van der Waals surface area (Å²) in [5, 5.41) is 0. The van der Waals surface area contributed by atoms with Gasteiger partial charge in [0.2, 0.25) is 0 Å². The number of Topliss-reactive ketones (excluding diaryl/α,β-unsaturated/α-hetero) is 1. The number of carbonyl (C=O) groups is 1. The Labute approximate surface area is 86.9 Å². The highest BCUT2D eigenvalue weighted by atomic mass is 31.2. The molecule has 5 nitrogen and oxygen atoms in total. The largest absolute Gasteiger partial charge is 0.470 e. The molecule has 0 saturated carbocycles. The summed E-state index contributed by atoms with van der Waals surface area (Å²) >= 11 is 0. The van der Waals surface area contributed by atoms with E-state index in [1.165, 1.54) is 12.1 Å². The van der Waals surface area contributed by atoms with Gasteiger partial charge in [-0.2, -0.15) is 0 Å². The van der Waals surface area contributed by atoms with Crippen molar-refractivity contribution in [2.45, 2.75) is 12.8 Å². The molecule has 2 N–H and O–H groups in total. The molecule has 1 aromatic carbocycles. The molecule has 82 valence electrons. The predicted molar refractivity (Wildman–Crippen MR) is 53.6 cm³/mol. The van der Waals surface area contributed by atoms with Gasteiger partial charge in [0.05, 0.1) is 0 Å². The highest BCUT2D eigenvalue weighted by molar-refractivity contribution is 7.53. The van der Waals surface area contributed by atoms with Gasteiger partial charge in [0.1, 0.15) is 5.75 Å². The first-order chi connectivity index (χ1) is 6.91. The fraction of sp³-hybridized carbons (Fsp3) is 0.222. The predicted octanol–water partition coefficient (Wildman–Crippen LogP) is 1.16. The first-order valence-electron chi connectivity index (χ1n) is 4.18. The van der Waals surface area contributed by atoms with Crippen LogP contribution < -0.4 is 4.74 Å². The average Bonchev–Trinajstić information content (AvgIpc) is 2.13. The molecule has 1 aromatic rings. The smallest absolute Gasteiger partial charge is 0.373 e. The van der Waals surface area contributed by atoms with Crippen LogP contribution in [0.2, 0.25) is 0 Å². The minimum Gasteiger partial charge on any atom is -0.470 e. The Morgan fingerprint density at radius 1 is 1.33 bits per heavy atom. The summed E-state index contributed by atoms with van der Waals surface area (Å²) < 4.78 is 15.9. The number of rotatable bonds is 4. The molecular formula is C9H11O5P.